The van der Waals surface area contributed by atoms with Crippen LogP contribution in [0.15, 0.2) is 24.3 Å². The highest BCUT2D eigenvalue weighted by Crippen LogP contribution is 2.12. The maximum atomic E-state index is 12.3. The molecule has 5 heteroatoms. The van der Waals surface area contributed by atoms with E-state index >= 15 is 0 Å². The fraction of sp³-hybridized carbons (Fsp3) is 0.438. The van der Waals surface area contributed by atoms with Crippen LogP contribution in [-0.4, -0.2) is 30.9 Å². The monoisotopic (exact) mass is 292 g/mol. The summed E-state index contributed by atoms with van der Waals surface area (Å²) in [7, 11) is 0. The summed E-state index contributed by atoms with van der Waals surface area (Å²) in [5, 5.41) is 0. The normalized spacial score (nSPS) is 10.3. The minimum absolute atomic E-state index is 0.00995. The summed E-state index contributed by atoms with van der Waals surface area (Å²) in [6.45, 7) is 5.34. The fourth-order valence-electron chi connectivity index (χ4n) is 1.94. The molecule has 0 spiro atoms. The Morgan fingerprint density at radius 2 is 1.62 bits per heavy atom. The van der Waals surface area contributed by atoms with Gasteiger partial charge in [-0.15, -0.1) is 0 Å². The van der Waals surface area contributed by atoms with Crippen LogP contribution in [0.5, 0.6) is 0 Å². The molecule has 0 unspecified atom stereocenters. The third-order valence-corrected chi connectivity index (χ3v) is 2.83. The van der Waals surface area contributed by atoms with Crippen LogP contribution in [0.4, 0.5) is 0 Å². The molecule has 0 saturated heterocycles. The van der Waals surface area contributed by atoms with Crippen molar-refractivity contribution in [3.63, 3.8) is 0 Å². The van der Waals surface area contributed by atoms with E-state index in [9.17, 15) is 14.4 Å². The van der Waals surface area contributed by atoms with Crippen LogP contribution >= 0.6 is 0 Å². The van der Waals surface area contributed by atoms with Crippen molar-refractivity contribution in [2.45, 2.75) is 27.2 Å². The number of carbonyl (C=O) groups is 3. The Labute approximate surface area is 124 Å². The molecule has 0 N–H and O–H groups in total. The topological polar surface area (TPSA) is 69.7 Å². The molecular formula is C16H20O5. The van der Waals surface area contributed by atoms with Gasteiger partial charge < -0.3 is 9.47 Å². The highest BCUT2D eigenvalue weighted by atomic mass is 16.6. The molecule has 0 saturated carbocycles. The maximum Gasteiger partial charge on any atom is 0.328 e. The van der Waals surface area contributed by atoms with Crippen LogP contribution < -0.4 is 0 Å². The third-order valence-electron chi connectivity index (χ3n) is 2.83. The minimum atomic E-state index is -1.51. The van der Waals surface area contributed by atoms with E-state index in [4.69, 9.17) is 9.47 Å². The van der Waals surface area contributed by atoms with E-state index in [2.05, 4.69) is 0 Å². The molecule has 1 rings (SSSR count). The first-order chi connectivity index (χ1) is 9.99. The fourth-order valence-corrected chi connectivity index (χ4v) is 1.94. The number of hydrogen-bond acceptors (Lipinski definition) is 5. The molecular weight excluding hydrogens is 272 g/mol. The lowest BCUT2D eigenvalue weighted by Gasteiger charge is -2.13. The second-order valence-corrected chi connectivity index (χ2v) is 4.57. The Kier molecular flexibility index (Phi) is 6.59. The van der Waals surface area contributed by atoms with E-state index in [-0.39, 0.29) is 19.6 Å². The van der Waals surface area contributed by atoms with Gasteiger partial charge in [0, 0.05) is 6.42 Å². The molecule has 114 valence electrons. The second-order valence-electron chi connectivity index (χ2n) is 4.57. The largest absolute Gasteiger partial charge is 0.465 e. The van der Waals surface area contributed by atoms with E-state index in [1.807, 2.05) is 25.1 Å². The van der Waals surface area contributed by atoms with Crippen LogP contribution in [0, 0.1) is 12.8 Å². The molecule has 0 aliphatic heterocycles. The van der Waals surface area contributed by atoms with Gasteiger partial charge in [-0.05, 0) is 26.3 Å². The summed E-state index contributed by atoms with van der Waals surface area (Å²) in [4.78, 5) is 35.9. The molecule has 0 aliphatic rings. The van der Waals surface area contributed by atoms with E-state index in [0.717, 1.165) is 11.1 Å². The van der Waals surface area contributed by atoms with E-state index in [1.54, 1.807) is 19.9 Å². The number of hydrogen-bond donors (Lipinski definition) is 0. The van der Waals surface area contributed by atoms with Gasteiger partial charge in [0.15, 0.2) is 5.78 Å². The Morgan fingerprint density at radius 3 is 2.10 bits per heavy atom. The van der Waals surface area contributed by atoms with Gasteiger partial charge in [0.05, 0.1) is 13.2 Å². The lowest BCUT2D eigenvalue weighted by molar-refractivity contribution is -0.163. The van der Waals surface area contributed by atoms with Crippen molar-refractivity contribution < 1.29 is 23.9 Å². The van der Waals surface area contributed by atoms with Crippen LogP contribution in [0.25, 0.3) is 0 Å². The molecule has 5 nitrogen and oxygen atoms in total. The molecule has 0 fully saturated rings. The smallest absolute Gasteiger partial charge is 0.328 e. The van der Waals surface area contributed by atoms with Gasteiger partial charge >= 0.3 is 11.9 Å². The summed E-state index contributed by atoms with van der Waals surface area (Å²) in [5.74, 6) is -3.73. The van der Waals surface area contributed by atoms with Gasteiger partial charge in [0.25, 0.3) is 0 Å². The van der Waals surface area contributed by atoms with E-state index in [0.29, 0.717) is 0 Å². The zero-order chi connectivity index (χ0) is 15.8. The maximum absolute atomic E-state index is 12.3. The summed E-state index contributed by atoms with van der Waals surface area (Å²) in [6.07, 6.45) is -0.00995. The number of rotatable bonds is 7. The Morgan fingerprint density at radius 1 is 1.05 bits per heavy atom. The number of ketones is 1. The van der Waals surface area contributed by atoms with E-state index < -0.39 is 23.6 Å². The highest BCUT2D eigenvalue weighted by Gasteiger charge is 2.36. The standard InChI is InChI=1S/C16H20O5/c1-4-20-15(18)14(16(19)21-5-2)13(17)10-12-8-6-7-11(3)9-12/h6-9,14H,4-5,10H2,1-3H3. The van der Waals surface area contributed by atoms with Gasteiger partial charge in [-0.25, -0.2) is 0 Å². The number of ether oxygens (including phenoxy) is 2. The van der Waals surface area contributed by atoms with Crippen molar-refractivity contribution in [1.29, 1.82) is 0 Å². The number of carbonyl (C=O) groups excluding carboxylic acids is 3. The number of benzene rings is 1. The first kappa shape index (κ1) is 16.9. The van der Waals surface area contributed by atoms with Gasteiger partial charge in [0.2, 0.25) is 5.92 Å². The molecule has 0 atom stereocenters. The molecule has 1 aromatic carbocycles. The first-order valence-electron chi connectivity index (χ1n) is 6.91. The zero-order valence-electron chi connectivity index (χ0n) is 12.5. The predicted octanol–water partition coefficient (Wildman–Crippen LogP) is 1.85. The van der Waals surface area contributed by atoms with E-state index in [1.165, 1.54) is 0 Å². The molecule has 0 amide bonds. The van der Waals surface area contributed by atoms with Crippen molar-refractivity contribution in [3.8, 4) is 0 Å². The van der Waals surface area contributed by atoms with Gasteiger partial charge in [-0.2, -0.15) is 0 Å². The van der Waals surface area contributed by atoms with Crippen molar-refractivity contribution in [2.24, 2.45) is 5.92 Å². The first-order valence-corrected chi connectivity index (χ1v) is 6.91. The third kappa shape index (κ3) is 5.02. The number of aryl methyl sites for hydroxylation is 1. The Hall–Kier alpha value is -2.17. The van der Waals surface area contributed by atoms with Crippen molar-refractivity contribution in [3.05, 3.63) is 35.4 Å². The second kappa shape index (κ2) is 8.19. The average molecular weight is 292 g/mol. The SMILES string of the molecule is CCOC(=O)C(C(=O)Cc1cccc(C)c1)C(=O)OCC. The summed E-state index contributed by atoms with van der Waals surface area (Å²) in [6, 6.07) is 7.34. The number of Topliss-reactive ketones (excluding diaryl/α,β-unsaturated/α-hetero) is 1. The lowest BCUT2D eigenvalue weighted by atomic mass is 9.97. The van der Waals surface area contributed by atoms with Gasteiger partial charge in [0.1, 0.15) is 0 Å². The molecule has 21 heavy (non-hydrogen) atoms. The van der Waals surface area contributed by atoms with Crippen LogP contribution in [-0.2, 0) is 30.3 Å². The van der Waals surface area contributed by atoms with Crippen molar-refractivity contribution in [2.75, 3.05) is 13.2 Å². The minimum Gasteiger partial charge on any atom is -0.465 e. The zero-order valence-corrected chi connectivity index (χ0v) is 12.5. The Bertz CT molecular complexity index is 503. The molecule has 1 aromatic rings. The van der Waals surface area contributed by atoms with Crippen LogP contribution in [0.1, 0.15) is 25.0 Å². The van der Waals surface area contributed by atoms with Crippen molar-refractivity contribution >= 4 is 17.7 Å². The van der Waals surface area contributed by atoms with Crippen LogP contribution in [0.2, 0.25) is 0 Å². The van der Waals surface area contributed by atoms with Crippen molar-refractivity contribution in [1.82, 2.24) is 0 Å². The van der Waals surface area contributed by atoms with Crippen LogP contribution in [0.3, 0.4) is 0 Å². The summed E-state index contributed by atoms with van der Waals surface area (Å²) < 4.78 is 9.59. The molecule has 0 heterocycles. The lowest BCUT2D eigenvalue weighted by Crippen LogP contribution is -2.35. The number of esters is 2. The quantitative estimate of drug-likeness (QED) is 0.566. The molecule has 0 aliphatic carbocycles. The average Bonchev–Trinajstić information content (AvgIpc) is 2.39. The molecule has 0 radical (unpaired) electrons. The summed E-state index contributed by atoms with van der Waals surface area (Å²) >= 11 is 0. The van der Waals surface area contributed by atoms with Gasteiger partial charge in [-0.1, -0.05) is 29.8 Å². The summed E-state index contributed by atoms with van der Waals surface area (Å²) in [5.41, 5.74) is 1.75. The molecule has 0 bridgehead atoms. The van der Waals surface area contributed by atoms with Gasteiger partial charge in [-0.3, -0.25) is 14.4 Å². The Balaban J connectivity index is 2.89. The molecule has 0 aromatic heterocycles. The predicted molar refractivity (Wildman–Crippen MR) is 76.6 cm³/mol. The highest BCUT2D eigenvalue weighted by molar-refractivity contribution is 6.15.